The molecule has 7 nitrogen and oxygen atoms in total. The first kappa shape index (κ1) is 20.0. The number of anilines is 1. The molecule has 2 aliphatic rings. The van der Waals surface area contributed by atoms with Gasteiger partial charge in [0.1, 0.15) is 0 Å². The van der Waals surface area contributed by atoms with Crippen LogP contribution in [0.25, 0.3) is 11.3 Å². The highest BCUT2D eigenvalue weighted by molar-refractivity contribution is 6.32. The molecule has 4 rings (SSSR count). The number of nitrogens with two attached hydrogens (primary N) is 1. The van der Waals surface area contributed by atoms with Crippen LogP contribution in [-0.2, 0) is 0 Å². The number of hydrogen-bond donors (Lipinski definition) is 2. The molecule has 8 heteroatoms. The first-order valence-corrected chi connectivity index (χ1v) is 10.0. The Morgan fingerprint density at radius 3 is 2.41 bits per heavy atom. The summed E-state index contributed by atoms with van der Waals surface area (Å²) in [5.74, 6) is 0.223. The van der Waals surface area contributed by atoms with E-state index in [1.54, 1.807) is 0 Å². The van der Waals surface area contributed by atoms with Gasteiger partial charge in [0.2, 0.25) is 5.95 Å². The molecule has 2 aromatic heterocycles. The van der Waals surface area contributed by atoms with Crippen molar-refractivity contribution in [1.29, 1.82) is 0 Å². The summed E-state index contributed by atoms with van der Waals surface area (Å²) in [4.78, 5) is 10.5. The Bertz CT molecular complexity index is 751. The predicted molar refractivity (Wildman–Crippen MR) is 108 cm³/mol. The van der Waals surface area contributed by atoms with Crippen molar-refractivity contribution in [3.8, 4) is 11.3 Å². The third-order valence-electron chi connectivity index (χ3n) is 5.42. The van der Waals surface area contributed by atoms with E-state index in [0.717, 1.165) is 50.0 Å². The van der Waals surface area contributed by atoms with Crippen LogP contribution in [0.3, 0.4) is 0 Å². The first-order valence-electron chi connectivity index (χ1n) is 9.64. The van der Waals surface area contributed by atoms with Crippen molar-refractivity contribution in [3.63, 3.8) is 0 Å². The average molecular weight is 393 g/mol. The smallest absolute Gasteiger partial charge is 0.220 e. The van der Waals surface area contributed by atoms with Crippen molar-refractivity contribution in [3.05, 3.63) is 23.1 Å². The minimum Gasteiger partial charge on any atom is -0.393 e. The zero-order valence-corrected chi connectivity index (χ0v) is 16.9. The molecular formula is C19H29ClN6O. The standard InChI is InChI=1S/C14H19ClN6.C5H10O/c1-9-11(13-12(15)8-17-14(16)19-13)7-18-21(9)10-3-5-20(2)6-4-10;6-5-3-1-2-4-5/h7-8,10H,3-6H2,1-2H3,(H2,16,17,19);5-6H,1-4H2. The van der Waals surface area contributed by atoms with Gasteiger partial charge in [-0.1, -0.05) is 24.4 Å². The van der Waals surface area contributed by atoms with Gasteiger partial charge in [0.05, 0.1) is 35.3 Å². The molecule has 0 radical (unpaired) electrons. The second-order valence-electron chi connectivity index (χ2n) is 7.49. The summed E-state index contributed by atoms with van der Waals surface area (Å²) in [6, 6.07) is 0.438. The zero-order chi connectivity index (χ0) is 19.4. The molecule has 0 spiro atoms. The minimum absolute atomic E-state index is 0.0463. The van der Waals surface area contributed by atoms with Gasteiger partial charge in [-0.2, -0.15) is 5.10 Å². The van der Waals surface area contributed by atoms with Crippen molar-refractivity contribution >= 4 is 17.5 Å². The summed E-state index contributed by atoms with van der Waals surface area (Å²) in [6.45, 7) is 4.25. The molecular weight excluding hydrogens is 364 g/mol. The molecule has 2 fully saturated rings. The third-order valence-corrected chi connectivity index (χ3v) is 5.70. The number of likely N-dealkylation sites (tertiary alicyclic amines) is 1. The van der Waals surface area contributed by atoms with Gasteiger partial charge in [-0.15, -0.1) is 0 Å². The second-order valence-corrected chi connectivity index (χ2v) is 7.89. The number of aliphatic hydroxyl groups excluding tert-OH is 1. The lowest BCUT2D eigenvalue weighted by molar-refractivity contribution is 0.183. The molecule has 1 saturated heterocycles. The molecule has 0 aromatic carbocycles. The van der Waals surface area contributed by atoms with Gasteiger partial charge in [-0.3, -0.25) is 4.68 Å². The lowest BCUT2D eigenvalue weighted by Gasteiger charge is -2.29. The lowest BCUT2D eigenvalue weighted by Crippen LogP contribution is -2.32. The van der Waals surface area contributed by atoms with Crippen LogP contribution in [-0.4, -0.2) is 56.0 Å². The van der Waals surface area contributed by atoms with Crippen molar-refractivity contribution < 1.29 is 5.11 Å². The maximum Gasteiger partial charge on any atom is 0.220 e. The highest BCUT2D eigenvalue weighted by Gasteiger charge is 2.22. The van der Waals surface area contributed by atoms with Crippen molar-refractivity contribution in [2.24, 2.45) is 0 Å². The van der Waals surface area contributed by atoms with E-state index >= 15 is 0 Å². The van der Waals surface area contributed by atoms with Gasteiger partial charge in [0.15, 0.2) is 0 Å². The van der Waals surface area contributed by atoms with Crippen LogP contribution in [0.4, 0.5) is 5.95 Å². The monoisotopic (exact) mass is 392 g/mol. The number of nitrogens with zero attached hydrogens (tertiary/aromatic N) is 5. The molecule has 0 unspecified atom stereocenters. The number of rotatable bonds is 2. The van der Waals surface area contributed by atoms with Crippen molar-refractivity contribution in [1.82, 2.24) is 24.6 Å². The van der Waals surface area contributed by atoms with Gasteiger partial charge in [0.25, 0.3) is 0 Å². The van der Waals surface area contributed by atoms with Crippen LogP contribution < -0.4 is 5.73 Å². The summed E-state index contributed by atoms with van der Waals surface area (Å²) in [5, 5.41) is 13.8. The number of piperidine rings is 1. The summed E-state index contributed by atoms with van der Waals surface area (Å²) in [6.07, 6.45) is 10.2. The summed E-state index contributed by atoms with van der Waals surface area (Å²) >= 11 is 6.19. The Hall–Kier alpha value is -1.70. The first-order chi connectivity index (χ1) is 13.0. The van der Waals surface area contributed by atoms with E-state index in [1.165, 1.54) is 19.0 Å². The molecule has 0 amide bonds. The van der Waals surface area contributed by atoms with E-state index in [2.05, 4.69) is 38.6 Å². The number of nitrogen functional groups attached to an aromatic ring is 1. The van der Waals surface area contributed by atoms with E-state index < -0.39 is 0 Å². The topological polar surface area (TPSA) is 93.1 Å². The van der Waals surface area contributed by atoms with Gasteiger partial charge in [0, 0.05) is 11.3 Å². The van der Waals surface area contributed by atoms with Gasteiger partial charge in [-0.25, -0.2) is 9.97 Å². The maximum atomic E-state index is 8.73. The highest BCUT2D eigenvalue weighted by Crippen LogP contribution is 2.31. The van der Waals surface area contributed by atoms with E-state index in [0.29, 0.717) is 16.8 Å². The third kappa shape index (κ3) is 4.97. The molecule has 1 aliphatic heterocycles. The fraction of sp³-hybridized carbons (Fsp3) is 0.632. The van der Waals surface area contributed by atoms with Gasteiger partial charge in [-0.05, 0) is 52.7 Å². The largest absolute Gasteiger partial charge is 0.393 e. The van der Waals surface area contributed by atoms with Gasteiger partial charge < -0.3 is 15.7 Å². The number of aromatic nitrogens is 4. The molecule has 0 atom stereocenters. The second kappa shape index (κ2) is 8.99. The fourth-order valence-electron chi connectivity index (χ4n) is 3.74. The lowest BCUT2D eigenvalue weighted by atomic mass is 10.1. The number of halogens is 1. The molecule has 1 aliphatic carbocycles. The Kier molecular flexibility index (Phi) is 6.68. The molecule has 1 saturated carbocycles. The van der Waals surface area contributed by atoms with Crippen molar-refractivity contribution in [2.75, 3.05) is 25.9 Å². The van der Waals surface area contributed by atoms with Crippen LogP contribution in [0.5, 0.6) is 0 Å². The molecule has 2 aromatic rings. The summed E-state index contributed by atoms with van der Waals surface area (Å²) < 4.78 is 2.09. The van der Waals surface area contributed by atoms with E-state index in [1.807, 2.05) is 6.20 Å². The summed E-state index contributed by atoms with van der Waals surface area (Å²) in [7, 11) is 2.15. The molecule has 3 N–H and O–H groups in total. The SMILES string of the molecule is Cc1c(-c2nc(N)ncc2Cl)cnn1C1CCN(C)CC1.OC1CCCC1. The quantitative estimate of drug-likeness (QED) is 0.815. The number of aliphatic hydroxyl groups is 1. The van der Waals surface area contributed by atoms with E-state index in [-0.39, 0.29) is 12.1 Å². The predicted octanol–water partition coefficient (Wildman–Crippen LogP) is 3.07. The van der Waals surface area contributed by atoms with Crippen LogP contribution in [0.2, 0.25) is 5.02 Å². The maximum absolute atomic E-state index is 8.73. The van der Waals surface area contributed by atoms with Crippen LogP contribution in [0, 0.1) is 6.92 Å². The fourth-order valence-corrected chi connectivity index (χ4v) is 3.93. The van der Waals surface area contributed by atoms with Crippen LogP contribution in [0.15, 0.2) is 12.4 Å². The zero-order valence-electron chi connectivity index (χ0n) is 16.1. The highest BCUT2D eigenvalue weighted by atomic mass is 35.5. The molecule has 3 heterocycles. The Morgan fingerprint density at radius 1 is 1.15 bits per heavy atom. The molecule has 27 heavy (non-hydrogen) atoms. The van der Waals surface area contributed by atoms with Crippen LogP contribution >= 0.6 is 11.6 Å². The normalized spacial score (nSPS) is 19.1. The van der Waals surface area contributed by atoms with Gasteiger partial charge >= 0.3 is 0 Å². The van der Waals surface area contributed by atoms with E-state index in [4.69, 9.17) is 22.4 Å². The average Bonchev–Trinajstić information content (AvgIpc) is 3.27. The minimum atomic E-state index is 0.0463. The van der Waals surface area contributed by atoms with Crippen LogP contribution in [0.1, 0.15) is 50.3 Å². The summed E-state index contributed by atoms with van der Waals surface area (Å²) in [5.41, 5.74) is 8.32. The molecule has 0 bridgehead atoms. The molecule has 148 valence electrons. The number of hydrogen-bond acceptors (Lipinski definition) is 6. The Labute approximate surface area is 165 Å². The van der Waals surface area contributed by atoms with E-state index in [9.17, 15) is 0 Å². The van der Waals surface area contributed by atoms with Crippen molar-refractivity contribution in [2.45, 2.75) is 57.6 Å². The Morgan fingerprint density at radius 2 is 1.81 bits per heavy atom. The Balaban J connectivity index is 0.000000299.